The summed E-state index contributed by atoms with van der Waals surface area (Å²) in [4.78, 5) is 11.3. The minimum absolute atomic E-state index is 0.222. The van der Waals surface area contributed by atoms with Crippen molar-refractivity contribution < 1.29 is 13.2 Å². The third-order valence-electron chi connectivity index (χ3n) is 2.37. The predicted octanol–water partition coefficient (Wildman–Crippen LogP) is -0.455. The van der Waals surface area contributed by atoms with Crippen molar-refractivity contribution in [1.82, 2.24) is 9.62 Å². The quantitative estimate of drug-likeness (QED) is 0.685. The van der Waals surface area contributed by atoms with Crippen molar-refractivity contribution in [2.45, 2.75) is 32.1 Å². The fourth-order valence-corrected chi connectivity index (χ4v) is 2.80. The Morgan fingerprint density at radius 1 is 1.50 bits per heavy atom. The molecule has 0 radical (unpaired) electrons. The van der Waals surface area contributed by atoms with Crippen LogP contribution >= 0.6 is 0 Å². The van der Waals surface area contributed by atoms with E-state index in [1.807, 2.05) is 0 Å². The molecule has 1 atom stereocenters. The summed E-state index contributed by atoms with van der Waals surface area (Å²) < 4.78 is 24.8. The molecule has 0 aliphatic carbocycles. The lowest BCUT2D eigenvalue weighted by Crippen LogP contribution is -2.57. The van der Waals surface area contributed by atoms with Crippen molar-refractivity contribution in [2.75, 3.05) is 13.1 Å². The number of nitrogens with zero attached hydrogens (tertiary/aromatic N) is 1. The maximum atomic E-state index is 11.8. The van der Waals surface area contributed by atoms with E-state index in [1.165, 1.54) is 4.31 Å². The Balaban J connectivity index is 2.92. The highest BCUT2D eigenvalue weighted by molar-refractivity contribution is 7.89. The van der Waals surface area contributed by atoms with Crippen molar-refractivity contribution in [2.24, 2.45) is 0 Å². The SMILES string of the molecule is CC1C(=O)NCCN1S(=O)(=O)C(C)C. The van der Waals surface area contributed by atoms with Gasteiger partial charge in [-0.3, -0.25) is 4.79 Å². The zero-order chi connectivity index (χ0) is 10.9. The van der Waals surface area contributed by atoms with Crippen LogP contribution in [0.1, 0.15) is 20.8 Å². The largest absolute Gasteiger partial charge is 0.353 e. The summed E-state index contributed by atoms with van der Waals surface area (Å²) in [6, 6.07) is -0.587. The number of piperazine rings is 1. The van der Waals surface area contributed by atoms with Gasteiger partial charge in [0.2, 0.25) is 15.9 Å². The Morgan fingerprint density at radius 2 is 2.07 bits per heavy atom. The van der Waals surface area contributed by atoms with E-state index in [2.05, 4.69) is 5.32 Å². The van der Waals surface area contributed by atoms with Crippen LogP contribution in [0, 0.1) is 0 Å². The van der Waals surface area contributed by atoms with Crippen LogP contribution in [0.3, 0.4) is 0 Å². The Hall–Kier alpha value is -0.620. The molecule has 1 heterocycles. The first-order valence-corrected chi connectivity index (χ1v) is 6.16. The molecule has 1 rings (SSSR count). The van der Waals surface area contributed by atoms with E-state index in [0.717, 1.165) is 0 Å². The van der Waals surface area contributed by atoms with Gasteiger partial charge < -0.3 is 5.32 Å². The molecular formula is C8H16N2O3S. The van der Waals surface area contributed by atoms with Gasteiger partial charge in [0.1, 0.15) is 6.04 Å². The molecule has 1 saturated heterocycles. The number of hydrogen-bond donors (Lipinski definition) is 1. The van der Waals surface area contributed by atoms with Crippen LogP contribution in [-0.2, 0) is 14.8 Å². The van der Waals surface area contributed by atoms with Crippen molar-refractivity contribution in [3.8, 4) is 0 Å². The molecule has 14 heavy (non-hydrogen) atoms. The number of carbonyl (C=O) groups is 1. The summed E-state index contributed by atoms with van der Waals surface area (Å²) in [5.41, 5.74) is 0. The normalized spacial score (nSPS) is 25.1. The molecule has 1 N–H and O–H groups in total. The number of nitrogens with one attached hydrogen (secondary N) is 1. The van der Waals surface area contributed by atoms with E-state index < -0.39 is 21.3 Å². The fourth-order valence-electron chi connectivity index (χ4n) is 1.38. The first-order valence-electron chi connectivity index (χ1n) is 4.65. The molecule has 1 amide bonds. The summed E-state index contributed by atoms with van der Waals surface area (Å²) in [6.07, 6.45) is 0. The molecule has 1 aliphatic heterocycles. The molecule has 1 unspecified atom stereocenters. The Kier molecular flexibility index (Phi) is 3.16. The predicted molar refractivity (Wildman–Crippen MR) is 53.2 cm³/mol. The van der Waals surface area contributed by atoms with Gasteiger partial charge in [0.05, 0.1) is 5.25 Å². The second-order valence-electron chi connectivity index (χ2n) is 3.67. The zero-order valence-corrected chi connectivity index (χ0v) is 9.47. The smallest absolute Gasteiger partial charge is 0.238 e. The van der Waals surface area contributed by atoms with Gasteiger partial charge >= 0.3 is 0 Å². The van der Waals surface area contributed by atoms with Crippen molar-refractivity contribution in [3.05, 3.63) is 0 Å². The third-order valence-corrected chi connectivity index (χ3v) is 4.71. The molecular weight excluding hydrogens is 204 g/mol. The highest BCUT2D eigenvalue weighted by Crippen LogP contribution is 2.14. The second-order valence-corrected chi connectivity index (χ2v) is 6.11. The van der Waals surface area contributed by atoms with Crippen molar-refractivity contribution in [1.29, 1.82) is 0 Å². The first-order chi connectivity index (χ1) is 6.37. The number of hydrogen-bond acceptors (Lipinski definition) is 3. The molecule has 82 valence electrons. The summed E-state index contributed by atoms with van der Waals surface area (Å²) in [5.74, 6) is -0.222. The zero-order valence-electron chi connectivity index (χ0n) is 8.65. The lowest BCUT2D eigenvalue weighted by atomic mass is 10.2. The minimum Gasteiger partial charge on any atom is -0.353 e. The minimum atomic E-state index is -3.31. The number of amides is 1. The van der Waals surface area contributed by atoms with E-state index in [4.69, 9.17) is 0 Å². The summed E-state index contributed by atoms with van der Waals surface area (Å²) in [6.45, 7) is 5.61. The Labute approximate surface area is 84.5 Å². The van der Waals surface area contributed by atoms with Crippen LogP contribution in [0.5, 0.6) is 0 Å². The third kappa shape index (κ3) is 1.90. The Morgan fingerprint density at radius 3 is 2.57 bits per heavy atom. The van der Waals surface area contributed by atoms with Crippen LogP contribution in [0.2, 0.25) is 0 Å². The number of sulfonamides is 1. The number of rotatable bonds is 2. The van der Waals surface area contributed by atoms with Gasteiger partial charge in [0, 0.05) is 13.1 Å². The van der Waals surface area contributed by atoms with E-state index in [9.17, 15) is 13.2 Å². The highest BCUT2D eigenvalue weighted by atomic mass is 32.2. The lowest BCUT2D eigenvalue weighted by molar-refractivity contribution is -0.126. The molecule has 1 fully saturated rings. The molecule has 6 heteroatoms. The molecule has 0 bridgehead atoms. The van der Waals surface area contributed by atoms with Crippen LogP contribution < -0.4 is 5.32 Å². The van der Waals surface area contributed by atoms with Gasteiger partial charge in [-0.2, -0.15) is 4.31 Å². The van der Waals surface area contributed by atoms with E-state index in [0.29, 0.717) is 13.1 Å². The summed E-state index contributed by atoms with van der Waals surface area (Å²) in [7, 11) is -3.31. The van der Waals surface area contributed by atoms with Crippen LogP contribution in [0.4, 0.5) is 0 Å². The van der Waals surface area contributed by atoms with Crippen LogP contribution in [-0.4, -0.2) is 43.0 Å². The average Bonchev–Trinajstić information content (AvgIpc) is 2.09. The number of carbonyl (C=O) groups excluding carboxylic acids is 1. The second kappa shape index (κ2) is 3.86. The summed E-state index contributed by atoms with van der Waals surface area (Å²) >= 11 is 0. The average molecular weight is 220 g/mol. The topological polar surface area (TPSA) is 66.5 Å². The van der Waals surface area contributed by atoms with Crippen LogP contribution in [0.25, 0.3) is 0 Å². The van der Waals surface area contributed by atoms with E-state index >= 15 is 0 Å². The van der Waals surface area contributed by atoms with Gasteiger partial charge in [-0.1, -0.05) is 0 Å². The molecule has 1 aliphatic rings. The first kappa shape index (κ1) is 11.5. The van der Waals surface area contributed by atoms with E-state index in [-0.39, 0.29) is 5.91 Å². The van der Waals surface area contributed by atoms with Gasteiger partial charge in [-0.15, -0.1) is 0 Å². The van der Waals surface area contributed by atoms with Gasteiger partial charge in [-0.25, -0.2) is 8.42 Å². The monoisotopic (exact) mass is 220 g/mol. The molecule has 0 saturated carbocycles. The molecule has 0 aromatic heterocycles. The summed E-state index contributed by atoms with van der Waals surface area (Å²) in [5, 5.41) is 2.15. The Bertz CT molecular complexity index is 323. The molecule has 5 nitrogen and oxygen atoms in total. The van der Waals surface area contributed by atoms with Crippen molar-refractivity contribution in [3.63, 3.8) is 0 Å². The maximum absolute atomic E-state index is 11.8. The highest BCUT2D eigenvalue weighted by Gasteiger charge is 2.35. The van der Waals surface area contributed by atoms with Gasteiger partial charge in [-0.05, 0) is 20.8 Å². The van der Waals surface area contributed by atoms with Crippen LogP contribution in [0.15, 0.2) is 0 Å². The molecule has 0 aromatic rings. The fraction of sp³-hybridized carbons (Fsp3) is 0.875. The maximum Gasteiger partial charge on any atom is 0.238 e. The molecule has 0 aromatic carbocycles. The van der Waals surface area contributed by atoms with Gasteiger partial charge in [0.25, 0.3) is 0 Å². The standard InChI is InChI=1S/C8H16N2O3S/c1-6(2)14(12,13)10-5-4-9-8(11)7(10)3/h6-7H,4-5H2,1-3H3,(H,9,11). The van der Waals surface area contributed by atoms with Crippen molar-refractivity contribution >= 4 is 15.9 Å². The molecule has 0 spiro atoms. The van der Waals surface area contributed by atoms with E-state index in [1.54, 1.807) is 20.8 Å². The lowest BCUT2D eigenvalue weighted by Gasteiger charge is -2.32. The van der Waals surface area contributed by atoms with Gasteiger partial charge in [0.15, 0.2) is 0 Å².